The molecule has 25 heavy (non-hydrogen) atoms. The van der Waals surface area contributed by atoms with Crippen molar-refractivity contribution < 1.29 is 13.9 Å². The maximum Gasteiger partial charge on any atom is 0.257 e. The number of hydrazone groups is 1. The summed E-state index contributed by atoms with van der Waals surface area (Å²) in [5.74, 6) is 0.569. The van der Waals surface area contributed by atoms with E-state index in [0.29, 0.717) is 16.6 Å². The summed E-state index contributed by atoms with van der Waals surface area (Å²) >= 11 is 4.60. The van der Waals surface area contributed by atoms with E-state index >= 15 is 0 Å². The first-order chi connectivity index (χ1) is 12.2. The highest BCUT2D eigenvalue weighted by molar-refractivity contribution is 9.10. The minimum atomic E-state index is -0.252. The van der Waals surface area contributed by atoms with Crippen molar-refractivity contribution in [3.8, 4) is 5.75 Å². The normalized spacial score (nSPS) is 11.1. The molecular formula is C17H14BrN3O3S. The van der Waals surface area contributed by atoms with Crippen LogP contribution in [0.25, 0.3) is 11.1 Å². The van der Waals surface area contributed by atoms with Gasteiger partial charge in [0.05, 0.1) is 19.1 Å². The molecule has 0 unspecified atom stereocenters. The second kappa shape index (κ2) is 8.17. The van der Waals surface area contributed by atoms with Crippen LogP contribution in [-0.2, 0) is 4.79 Å². The summed E-state index contributed by atoms with van der Waals surface area (Å²) in [7, 11) is 1.58. The van der Waals surface area contributed by atoms with E-state index in [-0.39, 0.29) is 11.7 Å². The number of hydrogen-bond acceptors (Lipinski definition) is 6. The van der Waals surface area contributed by atoms with E-state index in [9.17, 15) is 4.79 Å². The molecule has 0 atom stereocenters. The fourth-order valence-corrected chi connectivity index (χ4v) is 3.06. The lowest BCUT2D eigenvalue weighted by atomic mass is 10.2. The van der Waals surface area contributed by atoms with Gasteiger partial charge in [0.1, 0.15) is 11.3 Å². The van der Waals surface area contributed by atoms with Crippen molar-refractivity contribution in [3.05, 3.63) is 52.5 Å². The van der Waals surface area contributed by atoms with E-state index < -0.39 is 0 Å². The first kappa shape index (κ1) is 17.5. The molecule has 0 aliphatic rings. The number of amides is 1. The average molecular weight is 420 g/mol. The third kappa shape index (κ3) is 4.61. The predicted molar refractivity (Wildman–Crippen MR) is 101 cm³/mol. The van der Waals surface area contributed by atoms with Gasteiger partial charge in [-0.2, -0.15) is 5.10 Å². The minimum Gasteiger partial charge on any atom is -0.496 e. The molecule has 1 amide bonds. The average Bonchev–Trinajstić information content (AvgIpc) is 3.03. The van der Waals surface area contributed by atoms with E-state index in [1.807, 2.05) is 42.5 Å². The molecule has 0 saturated heterocycles. The minimum absolute atomic E-state index is 0.153. The Bertz CT molecular complexity index is 893. The molecule has 0 aliphatic heterocycles. The molecule has 1 aromatic heterocycles. The summed E-state index contributed by atoms with van der Waals surface area (Å²) in [6.45, 7) is 0. The quantitative estimate of drug-likeness (QED) is 0.373. The monoisotopic (exact) mass is 419 g/mol. The Labute approximate surface area is 156 Å². The molecule has 8 heteroatoms. The number of nitrogens with zero attached hydrogens (tertiary/aromatic N) is 2. The molecule has 0 radical (unpaired) electrons. The Kier molecular flexibility index (Phi) is 5.72. The smallest absolute Gasteiger partial charge is 0.257 e. The van der Waals surface area contributed by atoms with Crippen LogP contribution >= 0.6 is 27.7 Å². The highest BCUT2D eigenvalue weighted by Crippen LogP contribution is 2.23. The fourth-order valence-electron chi connectivity index (χ4n) is 2.05. The first-order valence-electron chi connectivity index (χ1n) is 7.29. The van der Waals surface area contributed by atoms with Crippen LogP contribution in [0.1, 0.15) is 5.56 Å². The topological polar surface area (TPSA) is 76.7 Å². The van der Waals surface area contributed by atoms with Gasteiger partial charge in [-0.05, 0) is 30.3 Å². The Balaban J connectivity index is 1.55. The van der Waals surface area contributed by atoms with Crippen LogP contribution in [0.5, 0.6) is 5.75 Å². The van der Waals surface area contributed by atoms with Gasteiger partial charge in [0.25, 0.3) is 11.1 Å². The fraction of sp³-hybridized carbons (Fsp3) is 0.118. The zero-order valence-corrected chi connectivity index (χ0v) is 15.6. The number of nitrogens with one attached hydrogen (secondary N) is 1. The Morgan fingerprint density at radius 3 is 3.04 bits per heavy atom. The van der Waals surface area contributed by atoms with Gasteiger partial charge in [-0.25, -0.2) is 10.4 Å². The number of ether oxygens (including phenoxy) is 1. The van der Waals surface area contributed by atoms with E-state index in [1.165, 1.54) is 18.0 Å². The molecule has 0 saturated carbocycles. The van der Waals surface area contributed by atoms with Crippen LogP contribution in [0.4, 0.5) is 0 Å². The van der Waals surface area contributed by atoms with Crippen LogP contribution in [0.15, 0.2) is 61.7 Å². The number of methoxy groups -OCH3 is 1. The van der Waals surface area contributed by atoms with Gasteiger partial charge in [0.15, 0.2) is 5.58 Å². The van der Waals surface area contributed by atoms with Crippen molar-refractivity contribution in [1.82, 2.24) is 10.4 Å². The van der Waals surface area contributed by atoms with Gasteiger partial charge in [-0.1, -0.05) is 39.8 Å². The van der Waals surface area contributed by atoms with Gasteiger partial charge in [-0.3, -0.25) is 4.79 Å². The summed E-state index contributed by atoms with van der Waals surface area (Å²) in [6, 6.07) is 13.0. The lowest BCUT2D eigenvalue weighted by Gasteiger charge is -2.04. The maximum atomic E-state index is 11.9. The zero-order valence-electron chi connectivity index (χ0n) is 13.2. The molecule has 0 fully saturated rings. The van der Waals surface area contributed by atoms with Crippen LogP contribution in [0.2, 0.25) is 0 Å². The molecule has 3 rings (SSSR count). The molecular weight excluding hydrogens is 406 g/mol. The van der Waals surface area contributed by atoms with Crippen molar-refractivity contribution in [2.45, 2.75) is 5.22 Å². The number of carbonyl (C=O) groups excluding carboxylic acids is 1. The van der Waals surface area contributed by atoms with Gasteiger partial charge < -0.3 is 9.15 Å². The summed E-state index contributed by atoms with van der Waals surface area (Å²) in [5.41, 5.74) is 4.70. The summed E-state index contributed by atoms with van der Waals surface area (Å²) < 4.78 is 11.7. The first-order valence-corrected chi connectivity index (χ1v) is 9.07. The second-order valence-electron chi connectivity index (χ2n) is 4.92. The van der Waals surface area contributed by atoms with Crippen molar-refractivity contribution in [2.24, 2.45) is 5.10 Å². The van der Waals surface area contributed by atoms with Gasteiger partial charge in [-0.15, -0.1) is 0 Å². The van der Waals surface area contributed by atoms with E-state index in [1.54, 1.807) is 7.11 Å². The molecule has 1 N–H and O–H groups in total. The molecule has 3 aromatic rings. The third-order valence-electron chi connectivity index (χ3n) is 3.19. The van der Waals surface area contributed by atoms with Crippen LogP contribution in [0.3, 0.4) is 0 Å². The standard InChI is InChI=1S/C17H14BrN3O3S/c1-23-14-7-6-12(18)8-11(14)9-19-21-16(22)10-25-17-20-13-4-2-3-5-15(13)24-17/h2-9H,10H2,1H3,(H,21,22)/b19-9-. The van der Waals surface area contributed by atoms with E-state index in [0.717, 1.165) is 15.6 Å². The van der Waals surface area contributed by atoms with Crippen LogP contribution in [0, 0.1) is 0 Å². The van der Waals surface area contributed by atoms with Crippen molar-refractivity contribution >= 4 is 50.9 Å². The number of carbonyl (C=O) groups is 1. The molecule has 0 bridgehead atoms. The third-order valence-corrected chi connectivity index (χ3v) is 4.51. The second-order valence-corrected chi connectivity index (χ2v) is 6.76. The largest absolute Gasteiger partial charge is 0.496 e. The van der Waals surface area contributed by atoms with Crippen LogP contribution < -0.4 is 10.2 Å². The highest BCUT2D eigenvalue weighted by atomic mass is 79.9. The van der Waals surface area contributed by atoms with Crippen molar-refractivity contribution in [3.63, 3.8) is 0 Å². The van der Waals surface area contributed by atoms with Crippen molar-refractivity contribution in [1.29, 1.82) is 0 Å². The van der Waals surface area contributed by atoms with Gasteiger partial charge >= 0.3 is 0 Å². The molecule has 0 aliphatic carbocycles. The lowest BCUT2D eigenvalue weighted by Crippen LogP contribution is -2.19. The number of hydrogen-bond donors (Lipinski definition) is 1. The number of aromatic nitrogens is 1. The van der Waals surface area contributed by atoms with Gasteiger partial charge in [0.2, 0.25) is 0 Å². The van der Waals surface area contributed by atoms with Crippen LogP contribution in [-0.4, -0.2) is 30.0 Å². The number of fused-ring (bicyclic) bond motifs is 1. The number of para-hydroxylation sites is 2. The van der Waals surface area contributed by atoms with E-state index in [4.69, 9.17) is 9.15 Å². The zero-order chi connectivity index (χ0) is 17.6. The number of oxazole rings is 1. The predicted octanol–water partition coefficient (Wildman–Crippen LogP) is 3.84. The number of halogens is 1. The molecule has 2 aromatic carbocycles. The lowest BCUT2D eigenvalue weighted by molar-refractivity contribution is -0.118. The highest BCUT2D eigenvalue weighted by Gasteiger charge is 2.08. The molecule has 1 heterocycles. The van der Waals surface area contributed by atoms with Gasteiger partial charge in [0, 0.05) is 10.0 Å². The Morgan fingerprint density at radius 2 is 2.24 bits per heavy atom. The SMILES string of the molecule is COc1ccc(Br)cc1/C=N\NC(=O)CSc1nc2ccccc2o1. The Hall–Kier alpha value is -2.32. The number of thioether (sulfide) groups is 1. The number of benzene rings is 2. The summed E-state index contributed by atoms with van der Waals surface area (Å²) in [4.78, 5) is 16.2. The molecule has 128 valence electrons. The number of rotatable bonds is 6. The maximum absolute atomic E-state index is 11.9. The van der Waals surface area contributed by atoms with Crippen molar-refractivity contribution in [2.75, 3.05) is 12.9 Å². The summed E-state index contributed by atoms with van der Waals surface area (Å²) in [5, 5.41) is 4.41. The summed E-state index contributed by atoms with van der Waals surface area (Å²) in [6.07, 6.45) is 1.53. The molecule has 0 spiro atoms. The Morgan fingerprint density at radius 1 is 1.40 bits per heavy atom. The van der Waals surface area contributed by atoms with E-state index in [2.05, 4.69) is 31.4 Å². The molecule has 6 nitrogen and oxygen atoms in total.